The SMILES string of the molecule is c1ccc2c(c1)Oc1ccccc1C21c2ccccc2-c2cc(N(c3ccc4c(c3)-c3ccccc3C43c4ccccc4Oc4ccccc43)c3cccc4c3-c3ccccc3C43c4ccccc4Oc4ccccc43)ccc21. The van der Waals surface area contributed by atoms with E-state index in [2.05, 4.69) is 278 Å². The topological polar surface area (TPSA) is 30.9 Å². The smallest absolute Gasteiger partial charge is 0.132 e. The van der Waals surface area contributed by atoms with Gasteiger partial charge in [0.05, 0.1) is 21.9 Å². The summed E-state index contributed by atoms with van der Waals surface area (Å²) in [7, 11) is 0. The van der Waals surface area contributed by atoms with Crippen LogP contribution < -0.4 is 19.1 Å². The van der Waals surface area contributed by atoms with E-state index in [1.165, 1.54) is 66.8 Å². The molecule has 4 nitrogen and oxygen atoms in total. The maximum Gasteiger partial charge on any atom is 0.132 e. The molecule has 4 heteroatoms. The first-order valence-electron chi connectivity index (χ1n) is 27.3. The Bertz CT molecular complexity index is 4310. The molecule has 79 heavy (non-hydrogen) atoms. The summed E-state index contributed by atoms with van der Waals surface area (Å²) >= 11 is 0. The zero-order chi connectivity index (χ0) is 51.6. The van der Waals surface area contributed by atoms with Gasteiger partial charge >= 0.3 is 0 Å². The molecule has 0 amide bonds. The third-order valence-corrected chi connectivity index (χ3v) is 18.3. The normalized spacial score (nSPS) is 15.2. The highest BCUT2D eigenvalue weighted by Gasteiger charge is 2.55. The Morgan fingerprint density at radius 2 is 0.494 bits per heavy atom. The van der Waals surface area contributed by atoms with E-state index in [9.17, 15) is 0 Å². The van der Waals surface area contributed by atoms with E-state index in [1.807, 2.05) is 0 Å². The fraction of sp³-hybridized carbons (Fsp3) is 0.0400. The number of para-hydroxylation sites is 6. The molecule has 0 aromatic heterocycles. The Morgan fingerprint density at radius 3 is 0.873 bits per heavy atom. The van der Waals surface area contributed by atoms with Crippen molar-refractivity contribution in [3.63, 3.8) is 0 Å². The molecule has 12 aromatic rings. The van der Waals surface area contributed by atoms with Crippen molar-refractivity contribution in [2.24, 2.45) is 0 Å². The summed E-state index contributed by atoms with van der Waals surface area (Å²) < 4.78 is 20.3. The van der Waals surface area contributed by atoms with E-state index in [4.69, 9.17) is 14.2 Å². The van der Waals surface area contributed by atoms with Gasteiger partial charge in [-0.15, -0.1) is 0 Å². The number of ether oxygens (including phenoxy) is 3. The van der Waals surface area contributed by atoms with E-state index in [1.54, 1.807) is 0 Å². The minimum absolute atomic E-state index is 0.605. The molecule has 3 spiro atoms. The zero-order valence-corrected chi connectivity index (χ0v) is 42.7. The van der Waals surface area contributed by atoms with Crippen molar-refractivity contribution in [2.75, 3.05) is 4.90 Å². The van der Waals surface area contributed by atoms with Crippen molar-refractivity contribution >= 4 is 17.1 Å². The minimum atomic E-state index is -0.654. The predicted molar refractivity (Wildman–Crippen MR) is 313 cm³/mol. The maximum absolute atomic E-state index is 6.81. The number of hydrogen-bond acceptors (Lipinski definition) is 4. The lowest BCUT2D eigenvalue weighted by Crippen LogP contribution is -2.32. The van der Waals surface area contributed by atoms with Crippen LogP contribution in [-0.4, -0.2) is 0 Å². The number of fused-ring (bicyclic) bond motifs is 27. The van der Waals surface area contributed by atoms with E-state index in [0.717, 1.165) is 84.9 Å². The van der Waals surface area contributed by atoms with E-state index >= 15 is 0 Å². The van der Waals surface area contributed by atoms with Gasteiger partial charge in [-0.25, -0.2) is 0 Å². The van der Waals surface area contributed by atoms with Crippen molar-refractivity contribution in [2.45, 2.75) is 16.2 Å². The molecule has 6 aliphatic rings. The van der Waals surface area contributed by atoms with E-state index in [0.29, 0.717) is 0 Å². The number of benzene rings is 12. The number of rotatable bonds is 3. The summed E-state index contributed by atoms with van der Waals surface area (Å²) in [5.41, 5.74) is 22.8. The van der Waals surface area contributed by atoms with Gasteiger partial charge < -0.3 is 19.1 Å². The monoisotopic (exact) mass is 1010 g/mol. The molecule has 0 fully saturated rings. The van der Waals surface area contributed by atoms with Crippen molar-refractivity contribution in [1.82, 2.24) is 0 Å². The number of anilines is 3. The first-order valence-corrected chi connectivity index (χ1v) is 27.3. The maximum atomic E-state index is 6.81. The van der Waals surface area contributed by atoms with Gasteiger partial charge in [0, 0.05) is 50.3 Å². The molecule has 0 saturated carbocycles. The second kappa shape index (κ2) is 15.5. The summed E-state index contributed by atoms with van der Waals surface area (Å²) in [5.74, 6) is 5.26. The van der Waals surface area contributed by atoms with Gasteiger partial charge in [0.2, 0.25) is 0 Å². The molecule has 0 radical (unpaired) electrons. The molecular formula is C75H45NO3. The second-order valence-electron chi connectivity index (χ2n) is 21.7. The van der Waals surface area contributed by atoms with Crippen LogP contribution in [0.3, 0.4) is 0 Å². The lowest BCUT2D eigenvalue weighted by atomic mass is 9.66. The average Bonchev–Trinajstić information content (AvgIpc) is 3.01. The van der Waals surface area contributed by atoms with Crippen LogP contribution in [0.1, 0.15) is 66.8 Å². The van der Waals surface area contributed by atoms with Crippen LogP contribution in [0.4, 0.5) is 17.1 Å². The Hall–Kier alpha value is -10.2. The Kier molecular flexibility index (Phi) is 8.44. The largest absolute Gasteiger partial charge is 0.457 e. The molecule has 3 heterocycles. The Balaban J connectivity index is 0.936. The van der Waals surface area contributed by atoms with Gasteiger partial charge in [-0.1, -0.05) is 206 Å². The minimum Gasteiger partial charge on any atom is -0.457 e. The predicted octanol–water partition coefficient (Wildman–Crippen LogP) is 18.6. The van der Waals surface area contributed by atoms with Gasteiger partial charge in [-0.05, 0) is 128 Å². The van der Waals surface area contributed by atoms with Crippen LogP contribution in [0.15, 0.2) is 273 Å². The third-order valence-electron chi connectivity index (χ3n) is 18.3. The Labute approximate surface area is 457 Å². The van der Waals surface area contributed by atoms with Crippen molar-refractivity contribution in [3.05, 3.63) is 340 Å². The first kappa shape index (κ1) is 43.0. The Morgan fingerprint density at radius 1 is 0.215 bits per heavy atom. The molecule has 0 bridgehead atoms. The molecule has 0 N–H and O–H groups in total. The highest BCUT2D eigenvalue weighted by molar-refractivity contribution is 6.01. The van der Waals surface area contributed by atoms with Gasteiger partial charge in [0.15, 0.2) is 0 Å². The molecule has 0 unspecified atom stereocenters. The summed E-state index contributed by atoms with van der Waals surface area (Å²) in [6.45, 7) is 0. The fourth-order valence-corrected chi connectivity index (χ4v) is 15.5. The van der Waals surface area contributed by atoms with E-state index < -0.39 is 16.2 Å². The van der Waals surface area contributed by atoms with Crippen LogP contribution in [-0.2, 0) is 16.2 Å². The van der Waals surface area contributed by atoms with Gasteiger partial charge in [-0.2, -0.15) is 0 Å². The molecule has 368 valence electrons. The lowest BCUT2D eigenvalue weighted by Gasteiger charge is -2.40. The van der Waals surface area contributed by atoms with Crippen LogP contribution >= 0.6 is 0 Å². The third kappa shape index (κ3) is 5.24. The lowest BCUT2D eigenvalue weighted by molar-refractivity contribution is 0.436. The number of nitrogens with zero attached hydrogens (tertiary/aromatic N) is 1. The highest BCUT2D eigenvalue weighted by Crippen LogP contribution is 2.67. The number of hydrogen-bond donors (Lipinski definition) is 0. The van der Waals surface area contributed by atoms with E-state index in [-0.39, 0.29) is 0 Å². The highest BCUT2D eigenvalue weighted by atomic mass is 16.5. The summed E-state index contributed by atoms with van der Waals surface area (Å²) in [5, 5.41) is 0. The molecule has 3 aliphatic heterocycles. The van der Waals surface area contributed by atoms with Crippen LogP contribution in [0, 0.1) is 0 Å². The molecule has 0 atom stereocenters. The fourth-order valence-electron chi connectivity index (χ4n) is 15.5. The van der Waals surface area contributed by atoms with Crippen LogP contribution in [0.2, 0.25) is 0 Å². The molecule has 3 aliphatic carbocycles. The second-order valence-corrected chi connectivity index (χ2v) is 21.7. The first-order chi connectivity index (χ1) is 39.2. The van der Waals surface area contributed by atoms with Gasteiger partial charge in [0.1, 0.15) is 34.5 Å². The van der Waals surface area contributed by atoms with Crippen molar-refractivity contribution in [1.29, 1.82) is 0 Å². The van der Waals surface area contributed by atoms with Crippen molar-refractivity contribution in [3.8, 4) is 67.9 Å². The molecular weight excluding hydrogens is 963 g/mol. The molecule has 12 aromatic carbocycles. The van der Waals surface area contributed by atoms with Gasteiger partial charge in [-0.3, -0.25) is 0 Å². The van der Waals surface area contributed by atoms with Crippen LogP contribution in [0.5, 0.6) is 34.5 Å². The van der Waals surface area contributed by atoms with Crippen LogP contribution in [0.25, 0.3) is 33.4 Å². The standard InChI is InChI=1S/C75H45NO3/c1-4-23-53-48(20-1)51-44-46(40-42-56(51)73(53)58-26-7-13-34-66(58)77-67-35-14-8-27-59(67)73)76(47-41-43-57-52(45-47)49-21-2-5-24-54(49)74(57)60-28-9-15-36-68(60)78-69-37-16-10-29-61(69)74)65-33-19-32-64-72(65)50-22-3-6-25-55(50)75(64)62-30-11-17-38-70(62)79-71-39-18-12-31-63(71)75/h1-45H. The van der Waals surface area contributed by atoms with Gasteiger partial charge in [0.25, 0.3) is 0 Å². The quantitative estimate of drug-likeness (QED) is 0.176. The summed E-state index contributed by atoms with van der Waals surface area (Å²) in [6.07, 6.45) is 0. The van der Waals surface area contributed by atoms with Crippen molar-refractivity contribution < 1.29 is 14.2 Å². The summed E-state index contributed by atoms with van der Waals surface area (Å²) in [6, 6.07) is 100. The zero-order valence-electron chi connectivity index (χ0n) is 42.7. The summed E-state index contributed by atoms with van der Waals surface area (Å²) in [4.78, 5) is 2.55. The molecule has 18 rings (SSSR count). The molecule has 0 saturated heterocycles. The average molecular weight is 1010 g/mol.